The van der Waals surface area contributed by atoms with Crippen LogP contribution in [-0.2, 0) is 6.42 Å². The number of nitrogens with zero attached hydrogens (tertiary/aromatic N) is 2. The molecule has 3 rings (SSSR count). The van der Waals surface area contributed by atoms with E-state index in [1.165, 1.54) is 45.2 Å². The quantitative estimate of drug-likeness (QED) is 0.906. The fourth-order valence-electron chi connectivity index (χ4n) is 3.53. The van der Waals surface area contributed by atoms with E-state index in [1.54, 1.807) is 11.3 Å². The van der Waals surface area contributed by atoms with Crippen molar-refractivity contribution >= 4 is 17.2 Å². The van der Waals surface area contributed by atoms with Crippen molar-refractivity contribution in [3.8, 4) is 0 Å². The maximum Gasteiger partial charge on any atom is 0.263 e. The number of thiazole rings is 1. The number of carbonyl (C=O) groups is 1. The smallest absolute Gasteiger partial charge is 0.263 e. The minimum atomic E-state index is 0.0920. The summed E-state index contributed by atoms with van der Waals surface area (Å²) in [6, 6.07) is 0.371. The van der Waals surface area contributed by atoms with Crippen LogP contribution in [0.15, 0.2) is 0 Å². The maximum absolute atomic E-state index is 12.5. The zero-order chi connectivity index (χ0) is 15.4. The highest BCUT2D eigenvalue weighted by molar-refractivity contribution is 7.13. The molecule has 1 aliphatic heterocycles. The molecule has 22 heavy (non-hydrogen) atoms. The van der Waals surface area contributed by atoms with Gasteiger partial charge in [-0.2, -0.15) is 0 Å². The van der Waals surface area contributed by atoms with E-state index in [-0.39, 0.29) is 5.91 Å². The highest BCUT2D eigenvalue weighted by Gasteiger charge is 2.21. The van der Waals surface area contributed by atoms with Gasteiger partial charge in [-0.15, -0.1) is 11.3 Å². The number of aryl methyl sites for hydroxylation is 1. The van der Waals surface area contributed by atoms with Gasteiger partial charge in [-0.25, -0.2) is 4.98 Å². The van der Waals surface area contributed by atoms with Gasteiger partial charge in [0.05, 0.1) is 10.7 Å². The third kappa shape index (κ3) is 4.07. The minimum absolute atomic E-state index is 0.0920. The van der Waals surface area contributed by atoms with Crippen LogP contribution in [0.25, 0.3) is 0 Å². The predicted molar refractivity (Wildman–Crippen MR) is 90.6 cm³/mol. The van der Waals surface area contributed by atoms with Crippen LogP contribution in [0.3, 0.4) is 0 Å². The van der Waals surface area contributed by atoms with Crippen molar-refractivity contribution in [1.29, 1.82) is 0 Å². The molecule has 0 radical (unpaired) electrons. The average molecular weight is 321 g/mol. The van der Waals surface area contributed by atoms with Crippen LogP contribution in [0.4, 0.5) is 0 Å². The molecule has 4 nitrogen and oxygen atoms in total. The van der Waals surface area contributed by atoms with Crippen LogP contribution in [0, 0.1) is 6.92 Å². The van der Waals surface area contributed by atoms with Gasteiger partial charge in [-0.3, -0.25) is 4.79 Å². The first-order valence-corrected chi connectivity index (χ1v) is 9.53. The SMILES string of the molecule is Cc1nc(CCN2CCCC2)sc1C(=O)NC1CCCCC1. The molecule has 2 heterocycles. The molecule has 122 valence electrons. The standard InChI is InChI=1S/C17H27N3OS/c1-13-16(17(21)19-14-7-3-2-4-8-14)22-15(18-13)9-12-20-10-5-6-11-20/h14H,2-12H2,1H3,(H,19,21). The molecule has 1 N–H and O–H groups in total. The summed E-state index contributed by atoms with van der Waals surface area (Å²) >= 11 is 1.59. The fourth-order valence-corrected chi connectivity index (χ4v) is 4.48. The topological polar surface area (TPSA) is 45.2 Å². The van der Waals surface area contributed by atoms with E-state index in [4.69, 9.17) is 0 Å². The molecule has 0 spiro atoms. The summed E-state index contributed by atoms with van der Waals surface area (Å²) in [6.07, 6.45) is 9.69. The lowest BCUT2D eigenvalue weighted by Gasteiger charge is -2.22. The number of aromatic nitrogens is 1. The van der Waals surface area contributed by atoms with Crippen LogP contribution >= 0.6 is 11.3 Å². The van der Waals surface area contributed by atoms with E-state index < -0.39 is 0 Å². The molecule has 0 unspecified atom stereocenters. The number of hydrogen-bond acceptors (Lipinski definition) is 4. The Morgan fingerprint density at radius 3 is 2.68 bits per heavy atom. The van der Waals surface area contributed by atoms with Crippen molar-refractivity contribution in [3.05, 3.63) is 15.6 Å². The molecule has 1 aromatic rings. The molecule has 5 heteroatoms. The Labute approximate surface area is 137 Å². The Balaban J connectivity index is 1.54. The lowest BCUT2D eigenvalue weighted by Crippen LogP contribution is -2.36. The molecule has 0 bridgehead atoms. The van der Waals surface area contributed by atoms with Gasteiger partial charge in [0, 0.05) is 19.0 Å². The molecule has 0 atom stereocenters. The maximum atomic E-state index is 12.5. The summed E-state index contributed by atoms with van der Waals surface area (Å²) in [5.41, 5.74) is 0.898. The molecule has 1 aliphatic carbocycles. The summed E-state index contributed by atoms with van der Waals surface area (Å²) < 4.78 is 0. The number of rotatable bonds is 5. The first kappa shape index (κ1) is 15.9. The zero-order valence-electron chi connectivity index (χ0n) is 13.6. The lowest BCUT2D eigenvalue weighted by atomic mass is 9.95. The number of likely N-dealkylation sites (tertiary alicyclic amines) is 1. The normalized spacial score (nSPS) is 20.4. The lowest BCUT2D eigenvalue weighted by molar-refractivity contribution is 0.0931. The second kappa shape index (κ2) is 7.55. The monoisotopic (exact) mass is 321 g/mol. The highest BCUT2D eigenvalue weighted by atomic mass is 32.1. The van der Waals surface area contributed by atoms with Gasteiger partial charge in [-0.05, 0) is 45.7 Å². The molecular formula is C17H27N3OS. The Bertz CT molecular complexity index is 502. The zero-order valence-corrected chi connectivity index (χ0v) is 14.4. The molecule has 0 aromatic carbocycles. The fraction of sp³-hybridized carbons (Fsp3) is 0.765. The van der Waals surface area contributed by atoms with Crippen molar-refractivity contribution in [3.63, 3.8) is 0 Å². The molecule has 1 saturated heterocycles. The number of amides is 1. The summed E-state index contributed by atoms with van der Waals surface area (Å²) in [7, 11) is 0. The molecule has 1 amide bonds. The van der Waals surface area contributed by atoms with Crippen molar-refractivity contribution in [2.24, 2.45) is 0 Å². The molecule has 1 aromatic heterocycles. The van der Waals surface area contributed by atoms with E-state index in [0.717, 1.165) is 41.4 Å². The Hall–Kier alpha value is -0.940. The first-order valence-electron chi connectivity index (χ1n) is 8.72. The third-order valence-corrected chi connectivity index (χ3v) is 6.04. The average Bonchev–Trinajstić information content (AvgIpc) is 3.15. The van der Waals surface area contributed by atoms with Crippen LogP contribution < -0.4 is 5.32 Å². The molecule has 1 saturated carbocycles. The van der Waals surface area contributed by atoms with Crippen molar-refractivity contribution < 1.29 is 4.79 Å². The van der Waals surface area contributed by atoms with Gasteiger partial charge in [0.25, 0.3) is 5.91 Å². The summed E-state index contributed by atoms with van der Waals surface area (Å²) in [5.74, 6) is 0.0920. The van der Waals surface area contributed by atoms with Gasteiger partial charge in [-0.1, -0.05) is 19.3 Å². The number of hydrogen-bond donors (Lipinski definition) is 1. The van der Waals surface area contributed by atoms with Gasteiger partial charge in [0.15, 0.2) is 0 Å². The predicted octanol–water partition coefficient (Wildman–Crippen LogP) is 3.15. The van der Waals surface area contributed by atoms with Crippen molar-refractivity contribution in [2.45, 2.75) is 64.3 Å². The second-order valence-corrected chi connectivity index (χ2v) is 7.71. The highest BCUT2D eigenvalue weighted by Crippen LogP contribution is 2.22. The van der Waals surface area contributed by atoms with E-state index in [9.17, 15) is 4.79 Å². The van der Waals surface area contributed by atoms with Crippen molar-refractivity contribution in [1.82, 2.24) is 15.2 Å². The van der Waals surface area contributed by atoms with E-state index in [2.05, 4.69) is 15.2 Å². The van der Waals surface area contributed by atoms with E-state index in [0.29, 0.717) is 6.04 Å². The third-order valence-electron chi connectivity index (χ3n) is 4.83. The van der Waals surface area contributed by atoms with Crippen LogP contribution in [-0.4, -0.2) is 41.5 Å². The summed E-state index contributed by atoms with van der Waals surface area (Å²) in [5, 5.41) is 4.32. The van der Waals surface area contributed by atoms with Gasteiger partial charge >= 0.3 is 0 Å². The molecule has 2 aliphatic rings. The van der Waals surface area contributed by atoms with Gasteiger partial charge in [0.1, 0.15) is 4.88 Å². The van der Waals surface area contributed by atoms with E-state index in [1.807, 2.05) is 6.92 Å². The Morgan fingerprint density at radius 2 is 1.95 bits per heavy atom. The molecular weight excluding hydrogens is 294 g/mol. The first-order chi connectivity index (χ1) is 10.7. The van der Waals surface area contributed by atoms with Crippen LogP contribution in [0.1, 0.15) is 65.3 Å². The number of carbonyl (C=O) groups excluding carboxylic acids is 1. The van der Waals surface area contributed by atoms with Gasteiger partial charge < -0.3 is 10.2 Å². The van der Waals surface area contributed by atoms with E-state index >= 15 is 0 Å². The van der Waals surface area contributed by atoms with Crippen molar-refractivity contribution in [2.75, 3.05) is 19.6 Å². The van der Waals surface area contributed by atoms with Gasteiger partial charge in [0.2, 0.25) is 0 Å². The summed E-state index contributed by atoms with van der Waals surface area (Å²) in [6.45, 7) is 5.49. The second-order valence-electron chi connectivity index (χ2n) is 6.63. The molecule has 2 fully saturated rings. The number of nitrogens with one attached hydrogen (secondary N) is 1. The largest absolute Gasteiger partial charge is 0.349 e. The Morgan fingerprint density at radius 1 is 1.23 bits per heavy atom. The minimum Gasteiger partial charge on any atom is -0.349 e. The Kier molecular flexibility index (Phi) is 5.47. The summed E-state index contributed by atoms with van der Waals surface area (Å²) in [4.78, 5) is 20.4. The van der Waals surface area contributed by atoms with Crippen LogP contribution in [0.2, 0.25) is 0 Å². The van der Waals surface area contributed by atoms with Crippen LogP contribution in [0.5, 0.6) is 0 Å².